The Labute approximate surface area is 196 Å². The van der Waals surface area contributed by atoms with Crippen molar-refractivity contribution in [2.75, 3.05) is 5.43 Å². The van der Waals surface area contributed by atoms with Gasteiger partial charge < -0.3 is 5.11 Å². The SMILES string of the molecule is OC1(c2ccccc2)C/C(=N/Nc2ncnc3sc4c(c23)CCCC4)C=C1c1ccccc1. The summed E-state index contributed by atoms with van der Waals surface area (Å²) in [5.41, 5.74) is 6.95. The largest absolute Gasteiger partial charge is 0.380 e. The van der Waals surface area contributed by atoms with Crippen molar-refractivity contribution in [3.05, 3.63) is 94.6 Å². The fourth-order valence-corrected chi connectivity index (χ4v) is 6.21. The third kappa shape index (κ3) is 3.56. The number of nitrogens with zero attached hydrogens (tertiary/aromatic N) is 3. The third-order valence-electron chi connectivity index (χ3n) is 6.59. The summed E-state index contributed by atoms with van der Waals surface area (Å²) < 4.78 is 0. The maximum absolute atomic E-state index is 11.8. The molecule has 6 rings (SSSR count). The number of anilines is 1. The smallest absolute Gasteiger partial charge is 0.158 e. The lowest BCUT2D eigenvalue weighted by Gasteiger charge is -2.27. The van der Waals surface area contributed by atoms with Gasteiger partial charge in [0.25, 0.3) is 0 Å². The molecule has 0 spiro atoms. The number of aromatic nitrogens is 2. The summed E-state index contributed by atoms with van der Waals surface area (Å²) in [6.45, 7) is 0. The zero-order valence-electron chi connectivity index (χ0n) is 18.2. The van der Waals surface area contributed by atoms with Crippen LogP contribution < -0.4 is 5.43 Å². The van der Waals surface area contributed by atoms with E-state index in [0.717, 1.165) is 51.3 Å². The summed E-state index contributed by atoms with van der Waals surface area (Å²) in [5.74, 6) is 0.747. The Morgan fingerprint density at radius 2 is 1.70 bits per heavy atom. The van der Waals surface area contributed by atoms with E-state index in [-0.39, 0.29) is 0 Å². The molecular weight excluding hydrogens is 428 g/mol. The van der Waals surface area contributed by atoms with Gasteiger partial charge in [-0.25, -0.2) is 9.97 Å². The number of fused-ring (bicyclic) bond motifs is 3. The van der Waals surface area contributed by atoms with E-state index in [1.54, 1.807) is 17.7 Å². The fraction of sp³-hybridized carbons (Fsp3) is 0.222. The Bertz CT molecular complexity index is 1380. The van der Waals surface area contributed by atoms with Gasteiger partial charge in [0.15, 0.2) is 5.82 Å². The number of hydrogen-bond donors (Lipinski definition) is 2. The topological polar surface area (TPSA) is 70.4 Å². The third-order valence-corrected chi connectivity index (χ3v) is 7.79. The van der Waals surface area contributed by atoms with Gasteiger partial charge in [-0.05, 0) is 54.0 Å². The van der Waals surface area contributed by atoms with Gasteiger partial charge in [0, 0.05) is 11.3 Å². The lowest BCUT2D eigenvalue weighted by atomic mass is 9.84. The minimum atomic E-state index is -1.13. The molecule has 0 radical (unpaired) electrons. The van der Waals surface area contributed by atoms with Crippen molar-refractivity contribution in [1.29, 1.82) is 0 Å². The van der Waals surface area contributed by atoms with E-state index >= 15 is 0 Å². The first-order valence-electron chi connectivity index (χ1n) is 11.4. The van der Waals surface area contributed by atoms with Crippen LogP contribution >= 0.6 is 11.3 Å². The summed E-state index contributed by atoms with van der Waals surface area (Å²) in [5, 5.41) is 17.7. The van der Waals surface area contributed by atoms with Crippen LogP contribution in [0.1, 0.15) is 40.8 Å². The van der Waals surface area contributed by atoms with Gasteiger partial charge in [0.1, 0.15) is 16.8 Å². The molecule has 0 saturated carbocycles. The van der Waals surface area contributed by atoms with Crippen LogP contribution in [0, 0.1) is 0 Å². The molecule has 164 valence electrons. The highest BCUT2D eigenvalue weighted by atomic mass is 32.1. The van der Waals surface area contributed by atoms with Crippen molar-refractivity contribution in [3.8, 4) is 0 Å². The number of hydrazone groups is 1. The molecule has 1 atom stereocenters. The van der Waals surface area contributed by atoms with Gasteiger partial charge >= 0.3 is 0 Å². The van der Waals surface area contributed by atoms with Gasteiger partial charge in [0.05, 0.1) is 11.1 Å². The molecule has 5 nitrogen and oxygen atoms in total. The summed E-state index contributed by atoms with van der Waals surface area (Å²) in [7, 11) is 0. The standard InChI is InChI=1S/C27H24N4OS/c32-27(19-11-5-2-6-12-19)16-20(15-22(27)18-9-3-1-4-10-18)30-31-25-24-21-13-7-8-14-23(21)33-26(24)29-17-28-25/h1-6,9-12,15,17,32H,7-8,13-14,16H2,(H,28,29,31)/b30-20+. The summed E-state index contributed by atoms with van der Waals surface area (Å²) in [6, 6.07) is 19.9. The van der Waals surface area contributed by atoms with E-state index < -0.39 is 5.60 Å². The number of nitrogens with one attached hydrogen (secondary N) is 1. The van der Waals surface area contributed by atoms with E-state index in [0.29, 0.717) is 6.42 Å². The van der Waals surface area contributed by atoms with Gasteiger partial charge in [-0.15, -0.1) is 11.3 Å². The molecular formula is C27H24N4OS. The minimum Gasteiger partial charge on any atom is -0.380 e. The first kappa shape index (κ1) is 20.3. The number of hydrogen-bond acceptors (Lipinski definition) is 6. The molecule has 33 heavy (non-hydrogen) atoms. The molecule has 1 unspecified atom stereocenters. The van der Waals surface area contributed by atoms with Crippen molar-refractivity contribution in [3.63, 3.8) is 0 Å². The van der Waals surface area contributed by atoms with E-state index in [2.05, 4.69) is 15.4 Å². The molecule has 6 heteroatoms. The van der Waals surface area contributed by atoms with Crippen LogP contribution in [0.3, 0.4) is 0 Å². The molecule has 2 heterocycles. The van der Waals surface area contributed by atoms with Crippen molar-refractivity contribution in [1.82, 2.24) is 9.97 Å². The van der Waals surface area contributed by atoms with Gasteiger partial charge in [-0.2, -0.15) is 5.10 Å². The zero-order chi connectivity index (χ0) is 22.3. The van der Waals surface area contributed by atoms with Crippen molar-refractivity contribution in [2.45, 2.75) is 37.7 Å². The molecule has 2 aliphatic rings. The maximum Gasteiger partial charge on any atom is 0.158 e. The zero-order valence-corrected chi connectivity index (χ0v) is 19.0. The van der Waals surface area contributed by atoms with Crippen LogP contribution in [0.2, 0.25) is 0 Å². The Kier molecular flexibility index (Phi) is 5.04. The number of aryl methyl sites for hydroxylation is 2. The molecule has 2 aromatic heterocycles. The molecule has 4 aromatic rings. The highest BCUT2D eigenvalue weighted by Gasteiger charge is 2.40. The van der Waals surface area contributed by atoms with Crippen LogP contribution in [0.15, 0.2) is 78.2 Å². The predicted molar refractivity (Wildman–Crippen MR) is 134 cm³/mol. The van der Waals surface area contributed by atoms with Crippen molar-refractivity contribution in [2.24, 2.45) is 5.10 Å². The first-order valence-corrected chi connectivity index (χ1v) is 12.2. The van der Waals surface area contributed by atoms with Crippen LogP contribution in [0.5, 0.6) is 0 Å². The summed E-state index contributed by atoms with van der Waals surface area (Å²) >= 11 is 1.78. The molecule has 0 fully saturated rings. The second-order valence-corrected chi connectivity index (χ2v) is 9.74. The van der Waals surface area contributed by atoms with E-state index in [1.807, 2.05) is 66.7 Å². The monoisotopic (exact) mass is 452 g/mol. The highest BCUT2D eigenvalue weighted by molar-refractivity contribution is 7.19. The average molecular weight is 453 g/mol. The Balaban J connectivity index is 1.39. The number of thiophene rings is 1. The van der Waals surface area contributed by atoms with E-state index in [1.165, 1.54) is 23.3 Å². The molecule has 0 amide bonds. The van der Waals surface area contributed by atoms with Gasteiger partial charge in [-0.1, -0.05) is 60.7 Å². The number of aliphatic hydroxyl groups is 1. The predicted octanol–water partition coefficient (Wildman–Crippen LogP) is 5.71. The molecule has 2 N–H and O–H groups in total. The van der Waals surface area contributed by atoms with Crippen molar-refractivity contribution >= 4 is 38.7 Å². The average Bonchev–Trinajstić information content (AvgIpc) is 3.42. The van der Waals surface area contributed by atoms with Crippen LogP contribution in [0.4, 0.5) is 5.82 Å². The van der Waals surface area contributed by atoms with Crippen LogP contribution in [-0.2, 0) is 18.4 Å². The first-order chi connectivity index (χ1) is 16.2. The van der Waals surface area contributed by atoms with Gasteiger partial charge in [0.2, 0.25) is 0 Å². The normalized spacial score (nSPS) is 21.2. The molecule has 0 aliphatic heterocycles. The highest BCUT2D eigenvalue weighted by Crippen LogP contribution is 2.44. The second-order valence-electron chi connectivity index (χ2n) is 8.66. The van der Waals surface area contributed by atoms with Crippen LogP contribution in [-0.4, -0.2) is 20.8 Å². The van der Waals surface area contributed by atoms with Crippen molar-refractivity contribution < 1.29 is 5.11 Å². The number of benzene rings is 2. The number of rotatable bonds is 4. The number of allylic oxidation sites excluding steroid dienone is 1. The lowest BCUT2D eigenvalue weighted by molar-refractivity contribution is 0.113. The molecule has 0 bridgehead atoms. The fourth-order valence-electron chi connectivity index (χ4n) is 4.98. The van der Waals surface area contributed by atoms with E-state index in [4.69, 9.17) is 5.10 Å². The summed E-state index contributed by atoms with van der Waals surface area (Å²) in [6.07, 6.45) is 8.63. The Morgan fingerprint density at radius 1 is 0.939 bits per heavy atom. The van der Waals surface area contributed by atoms with E-state index in [9.17, 15) is 5.11 Å². The molecule has 0 saturated heterocycles. The lowest BCUT2D eigenvalue weighted by Crippen LogP contribution is -2.25. The minimum absolute atomic E-state index is 0.393. The second kappa shape index (κ2) is 8.21. The molecule has 2 aliphatic carbocycles. The van der Waals surface area contributed by atoms with Crippen LogP contribution in [0.25, 0.3) is 15.8 Å². The van der Waals surface area contributed by atoms with Gasteiger partial charge in [-0.3, -0.25) is 5.43 Å². The quantitative estimate of drug-likeness (QED) is 0.389. The maximum atomic E-state index is 11.8. The Hall–Kier alpha value is -3.35. The molecule has 2 aromatic carbocycles. The summed E-state index contributed by atoms with van der Waals surface area (Å²) in [4.78, 5) is 11.5. The Morgan fingerprint density at radius 3 is 2.52 bits per heavy atom.